The molecular formula is C71H88BN3. The molecule has 12 rings (SSSR count). The molecule has 3 nitrogen and oxygen atoms in total. The minimum atomic E-state index is -0.313. The molecule has 4 unspecified atom stereocenters. The van der Waals surface area contributed by atoms with E-state index in [0.717, 1.165) is 6.42 Å². The Hall–Kier alpha value is -5.22. The summed E-state index contributed by atoms with van der Waals surface area (Å²) >= 11 is 0. The van der Waals surface area contributed by atoms with Gasteiger partial charge in [-0.25, -0.2) is 0 Å². The summed E-state index contributed by atoms with van der Waals surface area (Å²) in [5.41, 5.74) is 25.1. The van der Waals surface area contributed by atoms with Crippen molar-refractivity contribution < 1.29 is 0 Å². The summed E-state index contributed by atoms with van der Waals surface area (Å²) in [6.07, 6.45) is 9.76. The summed E-state index contributed by atoms with van der Waals surface area (Å²) in [4.78, 5) is 8.44. The topological polar surface area (TPSA) is 9.72 Å². The molecule has 2 saturated carbocycles. The second-order valence-electron chi connectivity index (χ2n) is 30.1. The molecule has 0 spiro atoms. The van der Waals surface area contributed by atoms with Gasteiger partial charge >= 0.3 is 0 Å². The van der Waals surface area contributed by atoms with Crippen LogP contribution in [0.2, 0.25) is 0 Å². The second kappa shape index (κ2) is 15.9. The van der Waals surface area contributed by atoms with Gasteiger partial charge in [0.2, 0.25) is 6.71 Å². The summed E-state index contributed by atoms with van der Waals surface area (Å²) in [6.45, 7) is 44.1. The molecule has 4 heterocycles. The van der Waals surface area contributed by atoms with E-state index in [1.165, 1.54) is 140 Å². The first-order chi connectivity index (χ1) is 34.9. The van der Waals surface area contributed by atoms with Crippen LogP contribution in [0, 0.1) is 0 Å². The minimum absolute atomic E-state index is 0.00295. The van der Waals surface area contributed by atoms with E-state index in [1.807, 2.05) is 0 Å². The van der Waals surface area contributed by atoms with Gasteiger partial charge in [-0.3, -0.25) is 0 Å². The van der Waals surface area contributed by atoms with Crippen LogP contribution in [0.5, 0.6) is 0 Å². The Bertz CT molecular complexity index is 3290. The van der Waals surface area contributed by atoms with E-state index in [0.29, 0.717) is 0 Å². The summed E-state index contributed by atoms with van der Waals surface area (Å²) < 4.78 is 0. The third kappa shape index (κ3) is 6.97. The Morgan fingerprint density at radius 3 is 1.35 bits per heavy atom. The monoisotopic (exact) mass is 994 g/mol. The molecular weight excluding hydrogens is 906 g/mol. The number of hydrogen-bond acceptors (Lipinski definition) is 3. The van der Waals surface area contributed by atoms with Gasteiger partial charge in [0.05, 0.1) is 11.1 Å². The Morgan fingerprint density at radius 1 is 0.387 bits per heavy atom. The molecule has 2 aliphatic carbocycles. The number of benzene rings is 6. The lowest BCUT2D eigenvalue weighted by atomic mass is 9.29. The first-order valence-electron chi connectivity index (χ1n) is 29.2. The fourth-order valence-electron chi connectivity index (χ4n) is 16.2. The van der Waals surface area contributed by atoms with Gasteiger partial charge in [0.1, 0.15) is 0 Å². The standard InChI is InChI=1S/C71H88BN3/c1-63(2,3)45-23-29-49(30-24-45)73-58-44-57-53(69(16)38-20-21-39-70(69,17)74(57)50-31-25-46(26-32-50)64(4,5)6)43-56(58)72-55-36-35-52-62(60(55)67(13,14)54-41-48(66(10,11)12)42-59(73)61(54)72)75(71(18)40-22-19-37-68(52,71)15)51-33-27-47(28-34-51)65(7,8)9/h23-36,41-44H,19-22,37-40H2,1-18H3. The molecule has 2 fully saturated rings. The van der Waals surface area contributed by atoms with Crippen molar-refractivity contribution in [1.82, 2.24) is 0 Å². The van der Waals surface area contributed by atoms with E-state index in [9.17, 15) is 0 Å². The molecule has 0 amide bonds. The number of hydrogen-bond donors (Lipinski definition) is 0. The molecule has 4 atom stereocenters. The third-order valence-corrected chi connectivity index (χ3v) is 21.2. The third-order valence-electron chi connectivity index (χ3n) is 21.2. The van der Waals surface area contributed by atoms with E-state index in [2.05, 4.69) is 249 Å². The number of anilines is 7. The van der Waals surface area contributed by atoms with Crippen molar-refractivity contribution in [3.8, 4) is 0 Å². The van der Waals surface area contributed by atoms with Gasteiger partial charge in [-0.15, -0.1) is 0 Å². The molecule has 6 aliphatic rings. The van der Waals surface area contributed by atoms with Crippen molar-refractivity contribution in [2.45, 2.75) is 225 Å². The first-order valence-corrected chi connectivity index (χ1v) is 29.2. The summed E-state index contributed by atoms with van der Waals surface area (Å²) in [7, 11) is 0. The Kier molecular flexibility index (Phi) is 10.8. The Labute approximate surface area is 454 Å². The van der Waals surface area contributed by atoms with Crippen LogP contribution in [0.3, 0.4) is 0 Å². The van der Waals surface area contributed by atoms with Crippen LogP contribution in [-0.2, 0) is 37.9 Å². The molecule has 0 radical (unpaired) electrons. The molecule has 4 heteroatoms. The van der Waals surface area contributed by atoms with Crippen molar-refractivity contribution in [2.75, 3.05) is 14.7 Å². The second-order valence-corrected chi connectivity index (χ2v) is 30.1. The van der Waals surface area contributed by atoms with Crippen molar-refractivity contribution in [3.63, 3.8) is 0 Å². The quantitative estimate of drug-likeness (QED) is 0.163. The van der Waals surface area contributed by atoms with Gasteiger partial charge in [-0.05, 0) is 165 Å². The lowest BCUT2D eigenvalue weighted by Crippen LogP contribution is -2.64. The number of rotatable bonds is 3. The Morgan fingerprint density at radius 2 is 0.840 bits per heavy atom. The predicted octanol–water partition coefficient (Wildman–Crippen LogP) is 17.3. The zero-order valence-corrected chi connectivity index (χ0v) is 49.5. The van der Waals surface area contributed by atoms with Gasteiger partial charge in [0.25, 0.3) is 0 Å². The maximum absolute atomic E-state index is 2.90. The molecule has 4 aliphatic heterocycles. The molecule has 6 aromatic carbocycles. The van der Waals surface area contributed by atoms with Gasteiger partial charge in [0, 0.05) is 56.1 Å². The largest absolute Gasteiger partial charge is 0.334 e. The highest BCUT2D eigenvalue weighted by Crippen LogP contribution is 2.65. The van der Waals surface area contributed by atoms with Gasteiger partial charge in [-0.1, -0.05) is 203 Å². The molecule has 390 valence electrons. The van der Waals surface area contributed by atoms with Crippen LogP contribution >= 0.6 is 0 Å². The lowest BCUT2D eigenvalue weighted by Gasteiger charge is -2.51. The molecule has 0 saturated heterocycles. The highest BCUT2D eigenvalue weighted by Gasteiger charge is 2.62. The van der Waals surface area contributed by atoms with Crippen LogP contribution in [-0.4, -0.2) is 17.8 Å². The molecule has 6 aromatic rings. The van der Waals surface area contributed by atoms with E-state index in [-0.39, 0.29) is 55.7 Å². The van der Waals surface area contributed by atoms with E-state index in [1.54, 1.807) is 5.56 Å². The van der Waals surface area contributed by atoms with E-state index >= 15 is 0 Å². The fourth-order valence-corrected chi connectivity index (χ4v) is 16.2. The fraction of sp³-hybridized carbons (Fsp3) is 0.493. The zero-order chi connectivity index (χ0) is 53.6. The van der Waals surface area contributed by atoms with Gasteiger partial charge < -0.3 is 14.7 Å². The lowest BCUT2D eigenvalue weighted by molar-refractivity contribution is 0.195. The molecule has 0 aromatic heterocycles. The van der Waals surface area contributed by atoms with Gasteiger partial charge in [0.15, 0.2) is 0 Å². The van der Waals surface area contributed by atoms with Gasteiger partial charge in [-0.2, -0.15) is 0 Å². The normalized spacial score (nSPS) is 25.5. The van der Waals surface area contributed by atoms with Crippen molar-refractivity contribution in [1.29, 1.82) is 0 Å². The molecule has 0 bridgehead atoms. The van der Waals surface area contributed by atoms with E-state index < -0.39 is 0 Å². The highest BCUT2D eigenvalue weighted by molar-refractivity contribution is 6.99. The summed E-state index contributed by atoms with van der Waals surface area (Å²) in [5.74, 6) is 0. The SMILES string of the molecule is CC(C)(C)c1ccc(N2c3cc4c(cc3B3c5ccc6c(c5C(C)(C)c5cc(C(C)(C)C)cc2c53)N(c2ccc(C(C)(C)C)cc2)C2(C)CCCCC62C)C2(C)CCCCC2(C)N4c2ccc(C(C)(C)C)cc2)cc1. The van der Waals surface area contributed by atoms with Crippen molar-refractivity contribution in [3.05, 3.63) is 154 Å². The predicted molar refractivity (Wildman–Crippen MR) is 325 cm³/mol. The maximum Gasteiger partial charge on any atom is 0.247 e. The Balaban J connectivity index is 1.19. The van der Waals surface area contributed by atoms with Crippen molar-refractivity contribution >= 4 is 62.9 Å². The maximum atomic E-state index is 2.90. The smallest absolute Gasteiger partial charge is 0.247 e. The van der Waals surface area contributed by atoms with Crippen LogP contribution in [0.4, 0.5) is 39.8 Å². The zero-order valence-electron chi connectivity index (χ0n) is 49.5. The summed E-state index contributed by atoms with van der Waals surface area (Å²) in [5, 5.41) is 0. The highest BCUT2D eigenvalue weighted by atomic mass is 15.3. The number of nitrogens with zero attached hydrogens (tertiary/aromatic N) is 3. The van der Waals surface area contributed by atoms with Crippen LogP contribution < -0.4 is 31.1 Å². The number of fused-ring (bicyclic) bond motifs is 11. The summed E-state index contributed by atoms with van der Waals surface area (Å²) in [6, 6.07) is 45.2. The van der Waals surface area contributed by atoms with Crippen LogP contribution in [0.25, 0.3) is 0 Å². The van der Waals surface area contributed by atoms with Crippen LogP contribution in [0.1, 0.15) is 221 Å². The minimum Gasteiger partial charge on any atom is -0.334 e. The average Bonchev–Trinajstić information content (AvgIpc) is 3.73. The van der Waals surface area contributed by atoms with Crippen LogP contribution in [0.15, 0.2) is 109 Å². The average molecular weight is 994 g/mol. The molecule has 0 N–H and O–H groups in total. The van der Waals surface area contributed by atoms with E-state index in [4.69, 9.17) is 0 Å². The first kappa shape index (κ1) is 50.6. The van der Waals surface area contributed by atoms with Crippen molar-refractivity contribution in [2.24, 2.45) is 0 Å². The molecule has 75 heavy (non-hydrogen) atoms.